The van der Waals surface area contributed by atoms with Gasteiger partial charge in [-0.05, 0) is 31.0 Å². The van der Waals surface area contributed by atoms with Crippen LogP contribution in [0.4, 0.5) is 5.82 Å². The minimum atomic E-state index is 0.650. The van der Waals surface area contributed by atoms with E-state index in [4.69, 9.17) is 5.26 Å². The normalized spacial score (nSPS) is 22.8. The minimum absolute atomic E-state index is 0.650. The Labute approximate surface area is 143 Å². The van der Waals surface area contributed by atoms with E-state index >= 15 is 0 Å². The van der Waals surface area contributed by atoms with Gasteiger partial charge in [-0.25, -0.2) is 4.98 Å². The van der Waals surface area contributed by atoms with Gasteiger partial charge in [0.05, 0.1) is 11.3 Å². The van der Waals surface area contributed by atoms with Crippen molar-refractivity contribution in [3.05, 3.63) is 59.3 Å². The van der Waals surface area contributed by atoms with Gasteiger partial charge in [0.1, 0.15) is 11.9 Å². The molecule has 4 heteroatoms. The summed E-state index contributed by atoms with van der Waals surface area (Å²) in [5.74, 6) is 2.39. The standard InChI is InChI=1S/C20H22N4/c1-14-17(10-21)7-8-20(23-14)24-12-15(13-24)11-22-19-9-18(19)16-5-3-2-4-6-16/h2-8,15,18-19,22H,9,11-13H2,1H3. The maximum atomic E-state index is 8.98. The summed E-state index contributed by atoms with van der Waals surface area (Å²) in [6, 6.07) is 17.5. The number of aromatic nitrogens is 1. The Bertz CT molecular complexity index is 759. The number of nitrogens with zero attached hydrogens (tertiary/aromatic N) is 3. The molecule has 0 amide bonds. The van der Waals surface area contributed by atoms with Gasteiger partial charge >= 0.3 is 0 Å². The zero-order chi connectivity index (χ0) is 16.5. The number of pyridine rings is 1. The first-order chi connectivity index (χ1) is 11.7. The predicted octanol–water partition coefficient (Wildman–Crippen LogP) is 2.84. The number of hydrogen-bond donors (Lipinski definition) is 1. The molecule has 1 aliphatic heterocycles. The van der Waals surface area contributed by atoms with E-state index < -0.39 is 0 Å². The molecule has 24 heavy (non-hydrogen) atoms. The summed E-state index contributed by atoms with van der Waals surface area (Å²) in [4.78, 5) is 6.84. The molecule has 4 nitrogen and oxygen atoms in total. The molecule has 0 radical (unpaired) electrons. The van der Waals surface area contributed by atoms with Gasteiger partial charge < -0.3 is 10.2 Å². The van der Waals surface area contributed by atoms with Crippen LogP contribution < -0.4 is 10.2 Å². The lowest BCUT2D eigenvalue weighted by Crippen LogP contribution is -2.51. The van der Waals surface area contributed by atoms with Crippen molar-refractivity contribution in [1.82, 2.24) is 10.3 Å². The van der Waals surface area contributed by atoms with Crippen LogP contribution in [0.2, 0.25) is 0 Å². The van der Waals surface area contributed by atoms with Crippen molar-refractivity contribution in [3.63, 3.8) is 0 Å². The van der Waals surface area contributed by atoms with Crippen LogP contribution in [0.25, 0.3) is 0 Å². The number of nitrogens with one attached hydrogen (secondary N) is 1. The van der Waals surface area contributed by atoms with E-state index in [-0.39, 0.29) is 0 Å². The van der Waals surface area contributed by atoms with E-state index in [0.29, 0.717) is 23.4 Å². The van der Waals surface area contributed by atoms with E-state index in [1.54, 1.807) is 0 Å². The SMILES string of the molecule is Cc1nc(N2CC(CNC3CC3c3ccccc3)C2)ccc1C#N. The molecule has 1 saturated carbocycles. The second-order valence-corrected chi connectivity index (χ2v) is 6.95. The molecule has 2 aromatic rings. The molecule has 1 aromatic heterocycles. The summed E-state index contributed by atoms with van der Waals surface area (Å²) in [5, 5.41) is 12.7. The number of anilines is 1. The molecule has 2 unspecified atom stereocenters. The summed E-state index contributed by atoms with van der Waals surface area (Å²) in [6.07, 6.45) is 1.26. The van der Waals surface area contributed by atoms with Crippen molar-refractivity contribution in [2.24, 2.45) is 5.92 Å². The average molecular weight is 318 g/mol. The Morgan fingerprint density at radius 3 is 2.71 bits per heavy atom. The van der Waals surface area contributed by atoms with Crippen molar-refractivity contribution < 1.29 is 0 Å². The first-order valence-corrected chi connectivity index (χ1v) is 8.65. The second-order valence-electron chi connectivity index (χ2n) is 6.95. The van der Waals surface area contributed by atoms with E-state index in [9.17, 15) is 0 Å². The van der Waals surface area contributed by atoms with Crippen molar-refractivity contribution in [2.45, 2.75) is 25.3 Å². The highest BCUT2D eigenvalue weighted by atomic mass is 15.2. The van der Waals surface area contributed by atoms with Crippen LogP contribution in [-0.2, 0) is 0 Å². The maximum Gasteiger partial charge on any atom is 0.128 e. The van der Waals surface area contributed by atoms with Gasteiger partial charge in [-0.2, -0.15) is 5.26 Å². The summed E-state index contributed by atoms with van der Waals surface area (Å²) < 4.78 is 0. The van der Waals surface area contributed by atoms with Crippen molar-refractivity contribution in [2.75, 3.05) is 24.5 Å². The van der Waals surface area contributed by atoms with Crippen molar-refractivity contribution in [3.8, 4) is 6.07 Å². The van der Waals surface area contributed by atoms with E-state index in [0.717, 1.165) is 31.1 Å². The average Bonchev–Trinajstić information content (AvgIpc) is 3.34. The third-order valence-electron chi connectivity index (χ3n) is 5.16. The topological polar surface area (TPSA) is 52.0 Å². The van der Waals surface area contributed by atoms with Gasteiger partial charge in [0.2, 0.25) is 0 Å². The quantitative estimate of drug-likeness (QED) is 0.921. The molecule has 2 aliphatic rings. The molecule has 4 rings (SSSR count). The molecule has 1 aliphatic carbocycles. The van der Waals surface area contributed by atoms with Crippen LogP contribution in [0.5, 0.6) is 0 Å². The van der Waals surface area contributed by atoms with Crippen LogP contribution in [0.3, 0.4) is 0 Å². The zero-order valence-corrected chi connectivity index (χ0v) is 13.9. The number of aryl methyl sites for hydroxylation is 1. The lowest BCUT2D eigenvalue weighted by atomic mass is 10.00. The van der Waals surface area contributed by atoms with E-state index in [2.05, 4.69) is 51.6 Å². The fourth-order valence-corrected chi connectivity index (χ4v) is 3.54. The molecule has 0 bridgehead atoms. The summed E-state index contributed by atoms with van der Waals surface area (Å²) in [5.41, 5.74) is 2.95. The molecule has 1 saturated heterocycles. The number of nitriles is 1. The molecular formula is C20H22N4. The largest absolute Gasteiger partial charge is 0.356 e. The van der Waals surface area contributed by atoms with Gasteiger partial charge in [-0.15, -0.1) is 0 Å². The van der Waals surface area contributed by atoms with Gasteiger partial charge in [-0.3, -0.25) is 0 Å². The van der Waals surface area contributed by atoms with Crippen molar-refractivity contribution >= 4 is 5.82 Å². The van der Waals surface area contributed by atoms with Crippen LogP contribution in [0.1, 0.15) is 29.2 Å². The third-order valence-corrected chi connectivity index (χ3v) is 5.16. The monoisotopic (exact) mass is 318 g/mol. The first-order valence-electron chi connectivity index (χ1n) is 8.65. The van der Waals surface area contributed by atoms with Gasteiger partial charge in [0, 0.05) is 37.5 Å². The lowest BCUT2D eigenvalue weighted by molar-refractivity contribution is 0.380. The van der Waals surface area contributed by atoms with Crippen LogP contribution in [-0.4, -0.2) is 30.7 Å². The predicted molar refractivity (Wildman–Crippen MR) is 95.0 cm³/mol. The molecular weight excluding hydrogens is 296 g/mol. The van der Waals surface area contributed by atoms with Crippen LogP contribution in [0, 0.1) is 24.2 Å². The Morgan fingerprint density at radius 1 is 1.21 bits per heavy atom. The van der Waals surface area contributed by atoms with Crippen molar-refractivity contribution in [1.29, 1.82) is 5.26 Å². The zero-order valence-electron chi connectivity index (χ0n) is 13.9. The highest BCUT2D eigenvalue weighted by molar-refractivity contribution is 5.47. The fourth-order valence-electron chi connectivity index (χ4n) is 3.54. The molecule has 1 N–H and O–H groups in total. The fraction of sp³-hybridized carbons (Fsp3) is 0.400. The van der Waals surface area contributed by atoms with Crippen LogP contribution >= 0.6 is 0 Å². The number of benzene rings is 1. The van der Waals surface area contributed by atoms with Gasteiger partial charge in [0.15, 0.2) is 0 Å². The third kappa shape index (κ3) is 3.00. The summed E-state index contributed by atoms with van der Waals surface area (Å²) >= 11 is 0. The molecule has 0 spiro atoms. The van der Waals surface area contributed by atoms with Gasteiger partial charge in [-0.1, -0.05) is 30.3 Å². The minimum Gasteiger partial charge on any atom is -0.356 e. The Balaban J connectivity index is 1.23. The van der Waals surface area contributed by atoms with E-state index in [1.165, 1.54) is 12.0 Å². The highest BCUT2D eigenvalue weighted by Crippen LogP contribution is 2.40. The Morgan fingerprint density at radius 2 is 2.00 bits per heavy atom. The molecule has 122 valence electrons. The molecule has 2 atom stereocenters. The molecule has 2 heterocycles. The number of rotatable bonds is 5. The Kier molecular flexibility index (Phi) is 3.95. The first kappa shape index (κ1) is 15.2. The summed E-state index contributed by atoms with van der Waals surface area (Å²) in [7, 11) is 0. The Hall–Kier alpha value is -2.38. The molecule has 1 aromatic carbocycles. The van der Waals surface area contributed by atoms with E-state index in [1.807, 2.05) is 19.1 Å². The maximum absolute atomic E-state index is 8.98. The lowest BCUT2D eigenvalue weighted by Gasteiger charge is -2.40. The highest BCUT2D eigenvalue weighted by Gasteiger charge is 2.39. The molecule has 2 fully saturated rings. The smallest absolute Gasteiger partial charge is 0.128 e. The number of hydrogen-bond acceptors (Lipinski definition) is 4. The summed E-state index contributed by atoms with van der Waals surface area (Å²) in [6.45, 7) is 5.08. The van der Waals surface area contributed by atoms with Gasteiger partial charge in [0.25, 0.3) is 0 Å². The second kappa shape index (κ2) is 6.26. The van der Waals surface area contributed by atoms with Crippen LogP contribution in [0.15, 0.2) is 42.5 Å².